The number of amides is 1. The fraction of sp³-hybridized carbons (Fsp3) is 0.250. The van der Waals surface area contributed by atoms with E-state index in [9.17, 15) is 13.6 Å². The Morgan fingerprint density at radius 3 is 2.50 bits per heavy atom. The van der Waals surface area contributed by atoms with Crippen molar-refractivity contribution in [2.75, 3.05) is 5.32 Å². The van der Waals surface area contributed by atoms with E-state index < -0.39 is 6.61 Å². The number of hydrogen-bond acceptors (Lipinski definition) is 5. The zero-order chi connectivity index (χ0) is 14.7. The lowest BCUT2D eigenvalue weighted by molar-refractivity contribution is -0.0507. The number of nitrogens with zero attached hydrogens (tertiary/aromatic N) is 2. The fourth-order valence-corrected chi connectivity index (χ4v) is 2.19. The molecule has 0 bridgehead atoms. The first-order valence-corrected chi connectivity index (χ1v) is 6.49. The molecule has 1 heterocycles. The minimum atomic E-state index is -2.89. The smallest absolute Gasteiger partial charge is 0.387 e. The third-order valence-corrected chi connectivity index (χ3v) is 3.12. The number of carbonyl (C=O) groups excluding carboxylic acids is 1. The number of rotatable bonds is 4. The summed E-state index contributed by atoms with van der Waals surface area (Å²) in [6.45, 7) is 0.312. The number of halogens is 2. The molecule has 106 valence electrons. The molecule has 0 unspecified atom stereocenters. The standard InChI is InChI=1S/C12H11F2N3O2S/c1-6-3-8(4-7(2)9(6)19-11(13)14)10(18)16-12-17-15-5-20-12/h3-5,11H,1-2H3,(H,16,17,18). The number of ether oxygens (including phenoxy) is 1. The summed E-state index contributed by atoms with van der Waals surface area (Å²) in [5, 5.41) is 10.2. The Labute approximate surface area is 117 Å². The van der Waals surface area contributed by atoms with Gasteiger partial charge in [0.05, 0.1) is 0 Å². The van der Waals surface area contributed by atoms with Crippen molar-refractivity contribution < 1.29 is 18.3 Å². The van der Waals surface area contributed by atoms with Gasteiger partial charge in [-0.1, -0.05) is 11.3 Å². The van der Waals surface area contributed by atoms with Crippen molar-refractivity contribution in [2.24, 2.45) is 0 Å². The van der Waals surface area contributed by atoms with Crippen molar-refractivity contribution in [2.45, 2.75) is 20.5 Å². The van der Waals surface area contributed by atoms with E-state index in [1.807, 2.05) is 0 Å². The van der Waals surface area contributed by atoms with Gasteiger partial charge in [-0.25, -0.2) is 0 Å². The molecular formula is C12H11F2N3O2S. The van der Waals surface area contributed by atoms with Crippen molar-refractivity contribution in [3.05, 3.63) is 34.3 Å². The molecule has 0 aliphatic rings. The summed E-state index contributed by atoms with van der Waals surface area (Å²) in [5.74, 6) is -0.288. The highest BCUT2D eigenvalue weighted by molar-refractivity contribution is 7.13. The summed E-state index contributed by atoms with van der Waals surface area (Å²) < 4.78 is 29.0. The monoisotopic (exact) mass is 299 g/mol. The molecule has 0 atom stereocenters. The van der Waals surface area contributed by atoms with Crippen LogP contribution in [-0.4, -0.2) is 22.7 Å². The molecular weight excluding hydrogens is 288 g/mol. The molecule has 1 aromatic carbocycles. The van der Waals surface area contributed by atoms with Crippen molar-refractivity contribution in [1.82, 2.24) is 10.2 Å². The molecule has 0 aliphatic carbocycles. The Balaban J connectivity index is 2.23. The first kappa shape index (κ1) is 14.3. The second-order valence-electron chi connectivity index (χ2n) is 4.02. The van der Waals surface area contributed by atoms with Crippen molar-refractivity contribution in [3.63, 3.8) is 0 Å². The van der Waals surface area contributed by atoms with E-state index in [1.54, 1.807) is 13.8 Å². The van der Waals surface area contributed by atoms with Gasteiger partial charge in [0.2, 0.25) is 5.13 Å². The number of aromatic nitrogens is 2. The van der Waals surface area contributed by atoms with Gasteiger partial charge in [-0.15, -0.1) is 10.2 Å². The van der Waals surface area contributed by atoms with Crippen LogP contribution in [0.3, 0.4) is 0 Å². The molecule has 2 aromatic rings. The van der Waals surface area contributed by atoms with Crippen LogP contribution in [0.25, 0.3) is 0 Å². The van der Waals surface area contributed by atoms with Gasteiger partial charge in [0.1, 0.15) is 11.3 Å². The maximum Gasteiger partial charge on any atom is 0.387 e. The Morgan fingerprint density at radius 1 is 1.35 bits per heavy atom. The van der Waals surface area contributed by atoms with E-state index in [2.05, 4.69) is 20.3 Å². The molecule has 0 aliphatic heterocycles. The number of hydrogen-bond donors (Lipinski definition) is 1. The summed E-state index contributed by atoms with van der Waals surface area (Å²) in [6.07, 6.45) is 0. The highest BCUT2D eigenvalue weighted by Crippen LogP contribution is 2.26. The van der Waals surface area contributed by atoms with Crippen molar-refractivity contribution in [1.29, 1.82) is 0 Å². The first-order valence-electron chi connectivity index (χ1n) is 5.61. The van der Waals surface area contributed by atoms with Crippen LogP contribution in [0.2, 0.25) is 0 Å². The van der Waals surface area contributed by atoms with E-state index in [1.165, 1.54) is 29.0 Å². The number of aryl methyl sites for hydroxylation is 2. The van der Waals surface area contributed by atoms with Gasteiger partial charge in [-0.05, 0) is 37.1 Å². The number of benzene rings is 1. The van der Waals surface area contributed by atoms with Crippen LogP contribution in [0.5, 0.6) is 5.75 Å². The van der Waals surface area contributed by atoms with Crippen LogP contribution in [0.1, 0.15) is 21.5 Å². The van der Waals surface area contributed by atoms with Crippen LogP contribution >= 0.6 is 11.3 Å². The second-order valence-corrected chi connectivity index (χ2v) is 4.85. The summed E-state index contributed by atoms with van der Waals surface area (Å²) in [4.78, 5) is 12.0. The zero-order valence-electron chi connectivity index (χ0n) is 10.7. The minimum absolute atomic E-state index is 0.0902. The molecule has 5 nitrogen and oxygen atoms in total. The third-order valence-electron chi connectivity index (χ3n) is 2.51. The average Bonchev–Trinajstić information content (AvgIpc) is 2.86. The molecule has 20 heavy (non-hydrogen) atoms. The molecule has 0 fully saturated rings. The predicted molar refractivity (Wildman–Crippen MR) is 70.4 cm³/mol. The van der Waals surface area contributed by atoms with Crippen LogP contribution in [0.15, 0.2) is 17.6 Å². The van der Waals surface area contributed by atoms with Gasteiger partial charge < -0.3 is 4.74 Å². The molecule has 1 aromatic heterocycles. The van der Waals surface area contributed by atoms with Gasteiger partial charge >= 0.3 is 6.61 Å². The van der Waals surface area contributed by atoms with Crippen molar-refractivity contribution in [3.8, 4) is 5.75 Å². The lowest BCUT2D eigenvalue weighted by atomic mass is 10.1. The van der Waals surface area contributed by atoms with E-state index in [0.29, 0.717) is 21.8 Å². The van der Waals surface area contributed by atoms with Gasteiger partial charge in [-0.3, -0.25) is 10.1 Å². The predicted octanol–water partition coefficient (Wildman–Crippen LogP) is 3.01. The van der Waals surface area contributed by atoms with Gasteiger partial charge in [0.15, 0.2) is 0 Å². The van der Waals surface area contributed by atoms with Crippen LogP contribution in [-0.2, 0) is 0 Å². The molecule has 0 saturated heterocycles. The molecule has 0 radical (unpaired) electrons. The van der Waals surface area contributed by atoms with Crippen molar-refractivity contribution >= 4 is 22.4 Å². The maximum atomic E-state index is 12.3. The summed E-state index contributed by atoms with van der Waals surface area (Å²) in [6, 6.07) is 2.97. The van der Waals surface area contributed by atoms with E-state index >= 15 is 0 Å². The second kappa shape index (κ2) is 5.91. The third kappa shape index (κ3) is 3.27. The summed E-state index contributed by atoms with van der Waals surface area (Å²) >= 11 is 1.19. The summed E-state index contributed by atoms with van der Waals surface area (Å²) in [7, 11) is 0. The number of nitrogens with one attached hydrogen (secondary N) is 1. The van der Waals surface area contributed by atoms with Gasteiger partial charge in [0, 0.05) is 5.56 Å². The Morgan fingerprint density at radius 2 is 2.00 bits per heavy atom. The molecule has 2 rings (SSSR count). The summed E-state index contributed by atoms with van der Waals surface area (Å²) in [5.41, 5.74) is 2.77. The van der Waals surface area contributed by atoms with E-state index in [4.69, 9.17) is 0 Å². The molecule has 1 amide bonds. The largest absolute Gasteiger partial charge is 0.434 e. The van der Waals surface area contributed by atoms with Crippen LogP contribution < -0.4 is 10.1 Å². The topological polar surface area (TPSA) is 64.1 Å². The lowest BCUT2D eigenvalue weighted by Gasteiger charge is -2.12. The van der Waals surface area contributed by atoms with E-state index in [-0.39, 0.29) is 11.7 Å². The highest BCUT2D eigenvalue weighted by Gasteiger charge is 2.15. The minimum Gasteiger partial charge on any atom is -0.434 e. The zero-order valence-corrected chi connectivity index (χ0v) is 11.5. The SMILES string of the molecule is Cc1cc(C(=O)Nc2nncs2)cc(C)c1OC(F)F. The molecule has 0 saturated carbocycles. The van der Waals surface area contributed by atoms with Crippen LogP contribution in [0, 0.1) is 13.8 Å². The average molecular weight is 299 g/mol. The van der Waals surface area contributed by atoms with Gasteiger partial charge in [-0.2, -0.15) is 8.78 Å². The molecule has 0 spiro atoms. The normalized spacial score (nSPS) is 10.7. The fourth-order valence-electron chi connectivity index (χ4n) is 1.75. The van der Waals surface area contributed by atoms with E-state index in [0.717, 1.165) is 0 Å². The Bertz CT molecular complexity index is 594. The number of alkyl halides is 2. The Kier molecular flexibility index (Phi) is 4.23. The first-order chi connectivity index (χ1) is 9.47. The molecule has 8 heteroatoms. The molecule has 1 N–H and O–H groups in total. The Hall–Kier alpha value is -2.09. The lowest BCUT2D eigenvalue weighted by Crippen LogP contribution is -2.13. The number of carbonyl (C=O) groups is 1. The highest BCUT2D eigenvalue weighted by atomic mass is 32.1. The maximum absolute atomic E-state index is 12.3. The van der Waals surface area contributed by atoms with Crippen LogP contribution in [0.4, 0.5) is 13.9 Å². The number of anilines is 1. The van der Waals surface area contributed by atoms with Gasteiger partial charge in [0.25, 0.3) is 5.91 Å². The quantitative estimate of drug-likeness (QED) is 0.942.